The van der Waals surface area contributed by atoms with Crippen LogP contribution in [-0.4, -0.2) is 38.4 Å². The third kappa shape index (κ3) is 4.41. The molecule has 6 nitrogen and oxygen atoms in total. The predicted octanol–water partition coefficient (Wildman–Crippen LogP) is 4.26. The Morgan fingerprint density at radius 2 is 1.97 bits per heavy atom. The zero-order chi connectivity index (χ0) is 24.6. The van der Waals surface area contributed by atoms with Crippen LogP contribution in [0, 0.1) is 12.7 Å². The van der Waals surface area contributed by atoms with E-state index in [4.69, 9.17) is 0 Å². The first-order valence-corrected chi connectivity index (χ1v) is 10.9. The highest BCUT2D eigenvalue weighted by Gasteiger charge is 2.38. The van der Waals surface area contributed by atoms with Crippen molar-refractivity contribution in [2.75, 3.05) is 13.1 Å². The zero-order valence-electron chi connectivity index (χ0n) is 19.2. The molecule has 0 saturated carbocycles. The Hall–Kier alpha value is -3.30. The molecule has 180 valence electrons. The maximum absolute atomic E-state index is 15.8. The highest BCUT2D eigenvalue weighted by atomic mass is 19.3. The number of carbonyl (C=O) groups excluding carboxylic acids is 1. The first-order valence-electron chi connectivity index (χ1n) is 10.9. The molecule has 34 heavy (non-hydrogen) atoms. The Balaban J connectivity index is 1.77. The first kappa shape index (κ1) is 23.8. The Morgan fingerprint density at radius 1 is 1.26 bits per heavy atom. The van der Waals surface area contributed by atoms with Crippen LogP contribution in [0.2, 0.25) is 0 Å². The lowest BCUT2D eigenvalue weighted by molar-refractivity contribution is -0.131. The van der Waals surface area contributed by atoms with E-state index in [0.717, 1.165) is 6.07 Å². The van der Waals surface area contributed by atoms with Crippen LogP contribution in [0.1, 0.15) is 48.8 Å². The number of rotatable bonds is 4. The van der Waals surface area contributed by atoms with Crippen molar-refractivity contribution >= 4 is 16.8 Å². The van der Waals surface area contributed by atoms with E-state index in [9.17, 15) is 18.0 Å². The Labute approximate surface area is 194 Å². The fourth-order valence-corrected chi connectivity index (χ4v) is 4.21. The van der Waals surface area contributed by atoms with Crippen molar-refractivity contribution in [2.24, 2.45) is 12.0 Å². The molecular weight excluding hydrogens is 450 g/mol. The number of piperidine rings is 1. The van der Waals surface area contributed by atoms with E-state index in [1.54, 1.807) is 35.7 Å². The van der Waals surface area contributed by atoms with E-state index >= 15 is 4.39 Å². The number of halogens is 4. The predicted molar refractivity (Wildman–Crippen MR) is 118 cm³/mol. The minimum Gasteiger partial charge on any atom is -0.343 e. The number of carbonyl (C=O) groups is 1. The quantitative estimate of drug-likeness (QED) is 0.530. The van der Waals surface area contributed by atoms with E-state index < -0.39 is 23.5 Å². The van der Waals surface area contributed by atoms with Crippen LogP contribution in [0.3, 0.4) is 0 Å². The van der Waals surface area contributed by atoms with E-state index in [1.807, 2.05) is 0 Å². The first-order chi connectivity index (χ1) is 16.1. The van der Waals surface area contributed by atoms with Gasteiger partial charge in [0.2, 0.25) is 5.91 Å². The third-order valence-corrected chi connectivity index (χ3v) is 6.44. The second-order valence-electron chi connectivity index (χ2n) is 8.54. The van der Waals surface area contributed by atoms with Crippen molar-refractivity contribution in [1.29, 1.82) is 0 Å². The molecule has 4 rings (SSSR count). The summed E-state index contributed by atoms with van der Waals surface area (Å²) in [7, 11) is 1.79. The minimum absolute atomic E-state index is 0.0199. The van der Waals surface area contributed by atoms with Crippen molar-refractivity contribution in [1.82, 2.24) is 19.4 Å². The minimum atomic E-state index is -2.93. The van der Waals surface area contributed by atoms with Gasteiger partial charge in [-0.25, -0.2) is 22.5 Å². The van der Waals surface area contributed by atoms with Gasteiger partial charge >= 0.3 is 0 Å². The third-order valence-electron chi connectivity index (χ3n) is 6.44. The molecule has 3 heterocycles. The molecule has 1 aliphatic heterocycles. The summed E-state index contributed by atoms with van der Waals surface area (Å²) in [6.07, 6.45) is -1.14. The van der Waals surface area contributed by atoms with E-state index in [-0.39, 0.29) is 42.0 Å². The molecule has 1 aliphatic rings. The van der Waals surface area contributed by atoms with Crippen LogP contribution < -0.4 is 5.49 Å². The van der Waals surface area contributed by atoms with Gasteiger partial charge < -0.3 is 9.47 Å². The lowest BCUT2D eigenvalue weighted by Gasteiger charge is -2.35. The number of aromatic nitrogens is 3. The van der Waals surface area contributed by atoms with Gasteiger partial charge in [0.15, 0.2) is 11.2 Å². The zero-order valence-corrected chi connectivity index (χ0v) is 19.2. The number of fused-ring (bicyclic) bond motifs is 1. The van der Waals surface area contributed by atoms with Crippen LogP contribution in [-0.2, 0) is 24.1 Å². The molecule has 0 atom stereocenters. The molecule has 1 amide bonds. The van der Waals surface area contributed by atoms with Crippen molar-refractivity contribution in [3.8, 4) is 0 Å². The number of alkyl halides is 3. The molecular formula is C24H25F4N5O. The number of aryl methyl sites for hydroxylation is 2. The van der Waals surface area contributed by atoms with Gasteiger partial charge in [-0.05, 0) is 13.0 Å². The second kappa shape index (κ2) is 9.15. The largest absolute Gasteiger partial charge is 0.343 e. The van der Waals surface area contributed by atoms with Gasteiger partial charge in [0.25, 0.3) is 6.43 Å². The molecule has 0 bridgehead atoms. The van der Waals surface area contributed by atoms with Crippen molar-refractivity contribution in [2.45, 2.75) is 45.3 Å². The lowest BCUT2D eigenvalue weighted by Crippen LogP contribution is -2.42. The maximum Gasteiger partial charge on any atom is 0.266 e. The Kier molecular flexibility index (Phi) is 6.42. The molecule has 10 heteroatoms. The van der Waals surface area contributed by atoms with Crippen LogP contribution in [0.4, 0.5) is 17.6 Å². The number of hydrogen-bond acceptors (Lipinski definition) is 4. The van der Waals surface area contributed by atoms with Gasteiger partial charge in [-0.1, -0.05) is 18.2 Å². The molecule has 1 fully saturated rings. The molecule has 0 radical (unpaired) electrons. The van der Waals surface area contributed by atoms with E-state index in [0.29, 0.717) is 29.8 Å². The lowest BCUT2D eigenvalue weighted by atomic mass is 9.89. The van der Waals surface area contributed by atoms with Crippen molar-refractivity contribution in [3.63, 3.8) is 0 Å². The normalized spacial score (nSPS) is 16.5. The molecule has 0 spiro atoms. The van der Waals surface area contributed by atoms with Crippen LogP contribution in [0.25, 0.3) is 10.9 Å². The fraction of sp³-hybridized carbons (Fsp3) is 0.417. The van der Waals surface area contributed by atoms with Gasteiger partial charge in [0.1, 0.15) is 11.6 Å². The van der Waals surface area contributed by atoms with Crippen molar-refractivity contribution in [3.05, 3.63) is 64.4 Å². The summed E-state index contributed by atoms with van der Waals surface area (Å²) in [5, 5.41) is 0.523. The Morgan fingerprint density at radius 3 is 2.62 bits per heavy atom. The number of hydrogen-bond donors (Lipinski definition) is 0. The molecule has 1 saturated heterocycles. The van der Waals surface area contributed by atoms with Crippen LogP contribution in [0.15, 0.2) is 35.5 Å². The van der Waals surface area contributed by atoms with Gasteiger partial charge in [0, 0.05) is 50.9 Å². The highest BCUT2D eigenvalue weighted by molar-refractivity contribution is 5.78. The number of benzene rings is 1. The summed E-state index contributed by atoms with van der Waals surface area (Å²) in [5.41, 5.74) is -1.24. The van der Waals surface area contributed by atoms with Gasteiger partial charge in [-0.3, -0.25) is 14.8 Å². The van der Waals surface area contributed by atoms with Gasteiger partial charge in [0.05, 0.1) is 29.5 Å². The van der Waals surface area contributed by atoms with Crippen LogP contribution >= 0.6 is 0 Å². The molecule has 2 aromatic heterocycles. The number of amides is 1. The summed E-state index contributed by atoms with van der Waals surface area (Å²) in [4.78, 5) is 26.4. The number of likely N-dealkylation sites (tertiary alicyclic amines) is 1. The summed E-state index contributed by atoms with van der Waals surface area (Å²) in [6, 6.07) is 5.39. The summed E-state index contributed by atoms with van der Waals surface area (Å²) in [6.45, 7) is 3.61. The number of pyridine rings is 1. The molecule has 0 aliphatic carbocycles. The van der Waals surface area contributed by atoms with Gasteiger partial charge in [-0.15, -0.1) is 0 Å². The van der Waals surface area contributed by atoms with Crippen molar-refractivity contribution < 1.29 is 22.4 Å². The fourth-order valence-electron chi connectivity index (χ4n) is 4.21. The van der Waals surface area contributed by atoms with Crippen LogP contribution in [0.5, 0.6) is 0 Å². The summed E-state index contributed by atoms with van der Waals surface area (Å²) in [5.74, 6) is -0.483. The Bertz CT molecular complexity index is 1310. The molecule has 3 aromatic rings. The summed E-state index contributed by atoms with van der Waals surface area (Å²) >= 11 is 0. The summed E-state index contributed by atoms with van der Waals surface area (Å²) < 4.78 is 58.2. The smallest absolute Gasteiger partial charge is 0.266 e. The van der Waals surface area contributed by atoms with E-state index in [2.05, 4.69) is 15.0 Å². The van der Waals surface area contributed by atoms with E-state index in [1.165, 1.54) is 19.1 Å². The second-order valence-corrected chi connectivity index (χ2v) is 8.54. The highest BCUT2D eigenvalue weighted by Crippen LogP contribution is 2.36. The molecule has 0 unspecified atom stereocenters. The molecule has 0 N–H and O–H groups in total. The monoisotopic (exact) mass is 475 g/mol. The van der Waals surface area contributed by atoms with Gasteiger partial charge in [-0.2, -0.15) is 0 Å². The number of nitrogens with zero attached hydrogens (tertiary/aromatic N) is 5. The topological polar surface area (TPSA) is 63.4 Å². The average Bonchev–Trinajstić information content (AvgIpc) is 2.81. The SMILES string of the molecule is CC(=O)N1CCC(F)(c2cc3c(=NCc4cccc(C(F)F)c4F)nc(C)n(C)c3cn2)CC1. The average molecular weight is 475 g/mol. The molecule has 1 aromatic carbocycles. The standard InChI is InChI=1S/C24H25F4N5O/c1-14-31-23(30-12-16-5-4-6-17(21(16)25)22(26)27)18-11-20(29-13-19(18)32(14)3)24(28)7-9-33(10-8-24)15(2)34/h4-6,11,13,22H,7-10,12H2,1-3H3. The maximum atomic E-state index is 15.8.